The van der Waals surface area contributed by atoms with E-state index in [2.05, 4.69) is 26.1 Å². The number of nitrogens with one attached hydrogen (secondary N) is 1. The Hall–Kier alpha value is -0.430. The van der Waals surface area contributed by atoms with Crippen LogP contribution in [0.4, 0.5) is 0 Å². The molecule has 1 fully saturated rings. The third-order valence-electron chi connectivity index (χ3n) is 3.82. The molecule has 0 spiro atoms. The number of sulfonamides is 1. The van der Waals surface area contributed by atoms with Crippen molar-refractivity contribution in [3.63, 3.8) is 0 Å². The molecule has 2 rings (SSSR count). The molecule has 21 heavy (non-hydrogen) atoms. The van der Waals surface area contributed by atoms with Crippen molar-refractivity contribution >= 4 is 21.4 Å². The predicted molar refractivity (Wildman–Crippen MR) is 88.1 cm³/mol. The summed E-state index contributed by atoms with van der Waals surface area (Å²) in [5.41, 5.74) is 0.0775. The van der Waals surface area contributed by atoms with Gasteiger partial charge in [-0.05, 0) is 43.4 Å². The maximum absolute atomic E-state index is 12.7. The molecule has 0 saturated carbocycles. The van der Waals surface area contributed by atoms with Gasteiger partial charge < -0.3 is 5.32 Å². The maximum atomic E-state index is 12.7. The van der Waals surface area contributed by atoms with Gasteiger partial charge in [-0.2, -0.15) is 4.31 Å². The van der Waals surface area contributed by atoms with Gasteiger partial charge in [-0.15, -0.1) is 11.3 Å². The highest BCUT2D eigenvalue weighted by atomic mass is 32.2. The maximum Gasteiger partial charge on any atom is 0.252 e. The number of piperidine rings is 1. The standard InChI is InChI=1S/C15H26N2O2S2/c1-4-9-16-11-13-6-7-14(20-13)21(18,19)17-10-5-8-15(2,3)12-17/h6-7,16H,4-5,8-12H2,1-3H3. The molecule has 0 atom stereocenters. The third kappa shape index (κ3) is 4.28. The van der Waals surface area contributed by atoms with Crippen molar-refractivity contribution in [1.82, 2.24) is 9.62 Å². The highest BCUT2D eigenvalue weighted by Crippen LogP contribution is 2.33. The lowest BCUT2D eigenvalue weighted by atomic mass is 9.85. The van der Waals surface area contributed by atoms with Gasteiger partial charge in [0.1, 0.15) is 4.21 Å². The van der Waals surface area contributed by atoms with Crippen LogP contribution in [0.1, 0.15) is 44.9 Å². The summed E-state index contributed by atoms with van der Waals surface area (Å²) in [6.45, 7) is 9.38. The van der Waals surface area contributed by atoms with Crippen LogP contribution in [0.15, 0.2) is 16.3 Å². The number of hydrogen-bond donors (Lipinski definition) is 1. The topological polar surface area (TPSA) is 49.4 Å². The Morgan fingerprint density at radius 2 is 2.14 bits per heavy atom. The molecule has 6 heteroatoms. The van der Waals surface area contributed by atoms with E-state index in [4.69, 9.17) is 0 Å². The molecule has 1 N–H and O–H groups in total. The zero-order valence-electron chi connectivity index (χ0n) is 13.2. The third-order valence-corrected chi connectivity index (χ3v) is 7.22. The molecule has 0 amide bonds. The van der Waals surface area contributed by atoms with Crippen LogP contribution in [-0.4, -0.2) is 32.4 Å². The van der Waals surface area contributed by atoms with E-state index < -0.39 is 10.0 Å². The van der Waals surface area contributed by atoms with E-state index in [1.807, 2.05) is 6.07 Å². The van der Waals surface area contributed by atoms with Crippen molar-refractivity contribution in [2.45, 2.75) is 50.8 Å². The molecule has 0 radical (unpaired) electrons. The molecule has 0 unspecified atom stereocenters. The van der Waals surface area contributed by atoms with E-state index in [0.29, 0.717) is 17.3 Å². The first-order chi connectivity index (χ1) is 9.85. The lowest BCUT2D eigenvalue weighted by molar-refractivity contribution is 0.187. The Labute approximate surface area is 132 Å². The quantitative estimate of drug-likeness (QED) is 0.816. The number of hydrogen-bond acceptors (Lipinski definition) is 4. The molecular formula is C15H26N2O2S2. The van der Waals surface area contributed by atoms with Gasteiger partial charge in [-0.25, -0.2) is 8.42 Å². The van der Waals surface area contributed by atoms with Crippen molar-refractivity contribution in [2.24, 2.45) is 5.41 Å². The Morgan fingerprint density at radius 3 is 2.81 bits per heavy atom. The average molecular weight is 331 g/mol. The van der Waals surface area contributed by atoms with Gasteiger partial charge in [0, 0.05) is 24.5 Å². The fraction of sp³-hybridized carbons (Fsp3) is 0.733. The Bertz CT molecular complexity index is 564. The monoisotopic (exact) mass is 330 g/mol. The van der Waals surface area contributed by atoms with E-state index in [9.17, 15) is 8.42 Å². The summed E-state index contributed by atoms with van der Waals surface area (Å²) < 4.78 is 27.6. The fourth-order valence-electron chi connectivity index (χ4n) is 2.68. The lowest BCUT2D eigenvalue weighted by Gasteiger charge is -2.36. The second-order valence-corrected chi connectivity index (χ2v) is 9.84. The molecule has 2 heterocycles. The second-order valence-electron chi connectivity index (χ2n) is 6.50. The molecular weight excluding hydrogens is 304 g/mol. The summed E-state index contributed by atoms with van der Waals surface area (Å²) in [5, 5.41) is 3.31. The normalized spacial score (nSPS) is 19.8. The van der Waals surface area contributed by atoms with E-state index in [0.717, 1.165) is 37.2 Å². The summed E-state index contributed by atoms with van der Waals surface area (Å²) in [6.07, 6.45) is 3.12. The number of nitrogens with zero attached hydrogens (tertiary/aromatic N) is 1. The van der Waals surface area contributed by atoms with E-state index in [1.54, 1.807) is 10.4 Å². The van der Waals surface area contributed by atoms with Gasteiger partial charge in [0.25, 0.3) is 10.0 Å². The van der Waals surface area contributed by atoms with Gasteiger partial charge >= 0.3 is 0 Å². The Morgan fingerprint density at radius 1 is 1.38 bits per heavy atom. The molecule has 1 aromatic rings. The first kappa shape index (κ1) is 16.9. The van der Waals surface area contributed by atoms with Crippen molar-refractivity contribution in [3.05, 3.63) is 17.0 Å². The lowest BCUT2D eigenvalue weighted by Crippen LogP contribution is -2.43. The van der Waals surface area contributed by atoms with Gasteiger partial charge in [-0.3, -0.25) is 0 Å². The summed E-state index contributed by atoms with van der Waals surface area (Å²) in [6, 6.07) is 3.68. The van der Waals surface area contributed by atoms with Crippen LogP contribution in [0, 0.1) is 5.41 Å². The first-order valence-electron chi connectivity index (χ1n) is 7.65. The molecule has 0 bridgehead atoms. The van der Waals surface area contributed by atoms with Crippen LogP contribution in [0.2, 0.25) is 0 Å². The minimum absolute atomic E-state index is 0.0775. The van der Waals surface area contributed by atoms with Crippen LogP contribution in [-0.2, 0) is 16.6 Å². The van der Waals surface area contributed by atoms with E-state index >= 15 is 0 Å². The highest BCUT2D eigenvalue weighted by molar-refractivity contribution is 7.91. The van der Waals surface area contributed by atoms with Gasteiger partial charge in [0.05, 0.1) is 0 Å². The molecule has 1 aliphatic rings. The van der Waals surface area contributed by atoms with Crippen molar-refractivity contribution in [3.8, 4) is 0 Å². The van der Waals surface area contributed by atoms with Crippen molar-refractivity contribution < 1.29 is 8.42 Å². The molecule has 0 aliphatic carbocycles. The summed E-state index contributed by atoms with van der Waals surface area (Å²) in [4.78, 5) is 1.08. The zero-order valence-corrected chi connectivity index (χ0v) is 14.8. The minimum atomic E-state index is -3.32. The molecule has 1 aromatic heterocycles. The van der Waals surface area contributed by atoms with Gasteiger partial charge in [0.2, 0.25) is 0 Å². The van der Waals surface area contributed by atoms with Crippen LogP contribution in [0.25, 0.3) is 0 Å². The molecule has 0 aromatic carbocycles. The largest absolute Gasteiger partial charge is 0.312 e. The summed E-state index contributed by atoms with van der Waals surface area (Å²) in [7, 11) is -3.32. The van der Waals surface area contributed by atoms with Crippen LogP contribution < -0.4 is 5.32 Å². The molecule has 120 valence electrons. The van der Waals surface area contributed by atoms with Crippen LogP contribution >= 0.6 is 11.3 Å². The van der Waals surface area contributed by atoms with E-state index in [1.165, 1.54) is 11.3 Å². The minimum Gasteiger partial charge on any atom is -0.312 e. The number of thiophene rings is 1. The predicted octanol–water partition coefficient (Wildman–Crippen LogP) is 3.06. The van der Waals surface area contributed by atoms with Gasteiger partial charge in [-0.1, -0.05) is 20.8 Å². The van der Waals surface area contributed by atoms with Crippen molar-refractivity contribution in [2.75, 3.05) is 19.6 Å². The molecule has 1 aliphatic heterocycles. The second kappa shape index (κ2) is 6.77. The summed E-state index contributed by atoms with van der Waals surface area (Å²) >= 11 is 1.39. The average Bonchev–Trinajstić information content (AvgIpc) is 2.87. The Balaban J connectivity index is 2.09. The molecule has 1 saturated heterocycles. The zero-order chi connectivity index (χ0) is 15.5. The van der Waals surface area contributed by atoms with Gasteiger partial charge in [0.15, 0.2) is 0 Å². The van der Waals surface area contributed by atoms with E-state index in [-0.39, 0.29) is 5.41 Å². The fourth-order valence-corrected chi connectivity index (χ4v) is 5.83. The number of rotatable bonds is 6. The van der Waals surface area contributed by atoms with Crippen LogP contribution in [0.3, 0.4) is 0 Å². The molecule has 4 nitrogen and oxygen atoms in total. The highest BCUT2D eigenvalue weighted by Gasteiger charge is 2.34. The van der Waals surface area contributed by atoms with Crippen LogP contribution in [0.5, 0.6) is 0 Å². The summed E-state index contributed by atoms with van der Waals surface area (Å²) in [5.74, 6) is 0. The SMILES string of the molecule is CCCNCc1ccc(S(=O)(=O)N2CCCC(C)(C)C2)s1. The van der Waals surface area contributed by atoms with Crippen molar-refractivity contribution in [1.29, 1.82) is 0 Å². The Kier molecular flexibility index (Phi) is 5.46. The smallest absolute Gasteiger partial charge is 0.252 e. The first-order valence-corrected chi connectivity index (χ1v) is 9.90.